The summed E-state index contributed by atoms with van der Waals surface area (Å²) < 4.78 is 6.50. The van der Waals surface area contributed by atoms with Crippen LogP contribution >= 0.6 is 11.3 Å². The molecule has 0 saturated carbocycles. The number of rotatable bonds is 4. The smallest absolute Gasteiger partial charge is 0.338 e. The number of amides is 1. The molecule has 1 fully saturated rings. The molecule has 0 bridgehead atoms. The van der Waals surface area contributed by atoms with Crippen LogP contribution in [0.2, 0.25) is 0 Å². The fourth-order valence-electron chi connectivity index (χ4n) is 3.74. The second-order valence-corrected chi connectivity index (χ2v) is 8.58. The molecule has 2 heterocycles. The molecule has 1 aliphatic rings. The zero-order chi connectivity index (χ0) is 20.4. The normalized spacial score (nSPS) is 16.8. The summed E-state index contributed by atoms with van der Waals surface area (Å²) in [6, 6.07) is 13.6. The summed E-state index contributed by atoms with van der Waals surface area (Å²) in [7, 11) is 0. The first-order valence-corrected chi connectivity index (χ1v) is 10.7. The minimum Gasteiger partial charge on any atom is -0.452 e. The quantitative estimate of drug-likeness (QED) is 0.598. The van der Waals surface area contributed by atoms with E-state index in [0.717, 1.165) is 34.5 Å². The molecule has 1 amide bonds. The van der Waals surface area contributed by atoms with E-state index in [4.69, 9.17) is 9.72 Å². The minimum absolute atomic E-state index is 0.144. The summed E-state index contributed by atoms with van der Waals surface area (Å²) in [5, 5.41) is 1.08. The summed E-state index contributed by atoms with van der Waals surface area (Å²) in [4.78, 5) is 31.6. The number of benzene rings is 2. The lowest BCUT2D eigenvalue weighted by Crippen LogP contribution is -2.41. The fraction of sp³-hybridized carbons (Fsp3) is 0.348. The van der Waals surface area contributed by atoms with Crippen LogP contribution in [0.3, 0.4) is 0 Å². The van der Waals surface area contributed by atoms with E-state index in [2.05, 4.69) is 6.07 Å². The number of aromatic nitrogens is 1. The van der Waals surface area contributed by atoms with E-state index < -0.39 is 5.97 Å². The lowest BCUT2D eigenvalue weighted by Gasteiger charge is -2.31. The highest BCUT2D eigenvalue weighted by Gasteiger charge is 2.27. The molecule has 1 aromatic heterocycles. The maximum Gasteiger partial charge on any atom is 0.338 e. The monoisotopic (exact) mass is 408 g/mol. The van der Waals surface area contributed by atoms with Gasteiger partial charge in [0.15, 0.2) is 6.61 Å². The third kappa shape index (κ3) is 4.17. The standard InChI is InChI=1S/C23H24N2O3S/c1-15-7-5-9-18(16(15)2)23(27)28-14-21(26)25-12-6-8-17(13-25)22-24-19-10-3-4-11-20(19)29-22/h3-5,7,9-11,17H,6,8,12-14H2,1-2H3/t17-/m1/s1. The third-order valence-electron chi connectivity index (χ3n) is 5.59. The molecule has 1 saturated heterocycles. The minimum atomic E-state index is -0.445. The summed E-state index contributed by atoms with van der Waals surface area (Å²) in [5.41, 5.74) is 3.45. The molecule has 29 heavy (non-hydrogen) atoms. The Labute approximate surface area is 174 Å². The van der Waals surface area contributed by atoms with E-state index in [1.54, 1.807) is 22.3 Å². The van der Waals surface area contributed by atoms with Crippen molar-refractivity contribution in [1.82, 2.24) is 9.88 Å². The molecule has 1 atom stereocenters. The molecule has 1 aliphatic heterocycles. The van der Waals surface area contributed by atoms with Crippen LogP contribution in [0.25, 0.3) is 10.2 Å². The van der Waals surface area contributed by atoms with Gasteiger partial charge in [0, 0.05) is 19.0 Å². The number of esters is 1. The molecule has 0 aliphatic carbocycles. The second kappa shape index (κ2) is 8.33. The lowest BCUT2D eigenvalue weighted by atomic mass is 9.99. The van der Waals surface area contributed by atoms with E-state index in [0.29, 0.717) is 18.7 Å². The molecular formula is C23H24N2O3S. The van der Waals surface area contributed by atoms with Crippen LogP contribution in [-0.4, -0.2) is 41.5 Å². The van der Waals surface area contributed by atoms with Crippen LogP contribution in [0, 0.1) is 13.8 Å². The average Bonchev–Trinajstić information content (AvgIpc) is 3.18. The Morgan fingerprint density at radius 2 is 2.00 bits per heavy atom. The van der Waals surface area contributed by atoms with Gasteiger partial charge in [-0.25, -0.2) is 9.78 Å². The van der Waals surface area contributed by atoms with Crippen LogP contribution in [-0.2, 0) is 9.53 Å². The van der Waals surface area contributed by atoms with Gasteiger partial charge in [-0.1, -0.05) is 24.3 Å². The van der Waals surface area contributed by atoms with E-state index in [-0.39, 0.29) is 18.4 Å². The topological polar surface area (TPSA) is 59.5 Å². The number of fused-ring (bicyclic) bond motifs is 1. The highest BCUT2D eigenvalue weighted by Crippen LogP contribution is 2.33. The van der Waals surface area contributed by atoms with Crippen LogP contribution in [0.5, 0.6) is 0 Å². The Hall–Kier alpha value is -2.73. The van der Waals surface area contributed by atoms with Gasteiger partial charge >= 0.3 is 5.97 Å². The van der Waals surface area contributed by atoms with Crippen molar-refractivity contribution < 1.29 is 14.3 Å². The predicted octanol–water partition coefficient (Wildman–Crippen LogP) is 4.48. The summed E-state index contributed by atoms with van der Waals surface area (Å²) in [6.45, 7) is 4.94. The van der Waals surface area contributed by atoms with Crippen molar-refractivity contribution in [2.24, 2.45) is 0 Å². The van der Waals surface area contributed by atoms with E-state index in [9.17, 15) is 9.59 Å². The van der Waals surface area contributed by atoms with Crippen molar-refractivity contribution in [2.45, 2.75) is 32.6 Å². The Kier molecular flexibility index (Phi) is 5.62. The van der Waals surface area contributed by atoms with Gasteiger partial charge in [0.25, 0.3) is 5.91 Å². The first-order chi connectivity index (χ1) is 14.0. The van der Waals surface area contributed by atoms with E-state index in [1.165, 1.54) is 4.70 Å². The number of hydrogen-bond acceptors (Lipinski definition) is 5. The van der Waals surface area contributed by atoms with Crippen LogP contribution < -0.4 is 0 Å². The molecule has 0 spiro atoms. The molecule has 5 nitrogen and oxygen atoms in total. The number of para-hydroxylation sites is 1. The number of hydrogen-bond donors (Lipinski definition) is 0. The number of ether oxygens (including phenoxy) is 1. The van der Waals surface area contributed by atoms with Crippen molar-refractivity contribution in [2.75, 3.05) is 19.7 Å². The first kappa shape index (κ1) is 19.6. The maximum atomic E-state index is 12.7. The molecule has 0 unspecified atom stereocenters. The number of nitrogens with zero attached hydrogens (tertiary/aromatic N) is 2. The zero-order valence-electron chi connectivity index (χ0n) is 16.7. The maximum absolute atomic E-state index is 12.7. The lowest BCUT2D eigenvalue weighted by molar-refractivity contribution is -0.135. The summed E-state index contributed by atoms with van der Waals surface area (Å²) >= 11 is 1.70. The van der Waals surface area contributed by atoms with Gasteiger partial charge in [-0.2, -0.15) is 0 Å². The van der Waals surface area contributed by atoms with Gasteiger partial charge in [-0.05, 0) is 56.0 Å². The third-order valence-corrected chi connectivity index (χ3v) is 6.78. The van der Waals surface area contributed by atoms with Crippen LogP contribution in [0.1, 0.15) is 45.3 Å². The number of likely N-dealkylation sites (tertiary alicyclic amines) is 1. The molecule has 0 radical (unpaired) electrons. The van der Waals surface area contributed by atoms with Crippen LogP contribution in [0.15, 0.2) is 42.5 Å². The first-order valence-electron chi connectivity index (χ1n) is 9.89. The number of thiazole rings is 1. The predicted molar refractivity (Wildman–Crippen MR) is 114 cm³/mol. The average molecular weight is 409 g/mol. The number of carbonyl (C=O) groups excluding carboxylic acids is 2. The van der Waals surface area contributed by atoms with Crippen LogP contribution in [0.4, 0.5) is 0 Å². The summed E-state index contributed by atoms with van der Waals surface area (Å²) in [6.07, 6.45) is 1.95. The van der Waals surface area contributed by atoms with E-state index >= 15 is 0 Å². The van der Waals surface area contributed by atoms with Crippen molar-refractivity contribution >= 4 is 33.4 Å². The van der Waals surface area contributed by atoms with Crippen molar-refractivity contribution in [3.8, 4) is 0 Å². The fourth-order valence-corrected chi connectivity index (χ4v) is 4.83. The van der Waals surface area contributed by atoms with Gasteiger partial charge < -0.3 is 9.64 Å². The van der Waals surface area contributed by atoms with Crippen molar-refractivity contribution in [3.05, 3.63) is 64.2 Å². The van der Waals surface area contributed by atoms with E-state index in [1.807, 2.05) is 44.2 Å². The molecule has 150 valence electrons. The molecule has 4 rings (SSSR count). The highest BCUT2D eigenvalue weighted by molar-refractivity contribution is 7.18. The number of aryl methyl sites for hydroxylation is 1. The second-order valence-electron chi connectivity index (χ2n) is 7.52. The van der Waals surface area contributed by atoms with Gasteiger partial charge in [-0.3, -0.25) is 4.79 Å². The number of carbonyl (C=O) groups is 2. The summed E-state index contributed by atoms with van der Waals surface area (Å²) in [5.74, 6) is -0.353. The molecule has 3 aromatic rings. The SMILES string of the molecule is Cc1cccc(C(=O)OCC(=O)N2CCC[C@@H](c3nc4ccccc4s3)C2)c1C. The van der Waals surface area contributed by atoms with Crippen molar-refractivity contribution in [3.63, 3.8) is 0 Å². The molecule has 2 aromatic carbocycles. The molecule has 0 N–H and O–H groups in total. The zero-order valence-corrected chi connectivity index (χ0v) is 17.5. The number of piperidine rings is 1. The van der Waals surface area contributed by atoms with Gasteiger partial charge in [0.1, 0.15) is 0 Å². The Morgan fingerprint density at radius 3 is 2.83 bits per heavy atom. The largest absolute Gasteiger partial charge is 0.452 e. The molecule has 6 heteroatoms. The Balaban J connectivity index is 1.38. The highest BCUT2D eigenvalue weighted by atomic mass is 32.1. The van der Waals surface area contributed by atoms with Gasteiger partial charge in [0.05, 0.1) is 20.8 Å². The van der Waals surface area contributed by atoms with Gasteiger partial charge in [-0.15, -0.1) is 11.3 Å². The molecular weight excluding hydrogens is 384 g/mol. The Bertz CT molecular complexity index is 1030. The Morgan fingerprint density at radius 1 is 1.17 bits per heavy atom. The van der Waals surface area contributed by atoms with Gasteiger partial charge in [0.2, 0.25) is 0 Å². The van der Waals surface area contributed by atoms with Crippen molar-refractivity contribution in [1.29, 1.82) is 0 Å².